The predicted molar refractivity (Wildman–Crippen MR) is 66.4 cm³/mol. The number of nitrogens with one attached hydrogen (secondary N) is 1. The Bertz CT molecular complexity index is 315. The molecule has 0 bridgehead atoms. The van der Waals surface area contributed by atoms with Crippen molar-refractivity contribution in [1.29, 1.82) is 0 Å². The van der Waals surface area contributed by atoms with Crippen molar-refractivity contribution in [3.8, 4) is 0 Å². The Kier molecular flexibility index (Phi) is 4.23. The van der Waals surface area contributed by atoms with Gasteiger partial charge in [-0.05, 0) is 44.7 Å². The van der Waals surface area contributed by atoms with Crippen molar-refractivity contribution in [3.05, 3.63) is 36.3 Å². The molecule has 0 radical (unpaired) electrons. The zero-order chi connectivity index (χ0) is 11.2. The third kappa shape index (κ3) is 3.53. The maximum Gasteiger partial charge on any atom is 0.103 e. The molecule has 2 unspecified atom stereocenters. The van der Waals surface area contributed by atoms with Crippen LogP contribution in [-0.4, -0.2) is 12.1 Å². The first-order valence-electron chi connectivity index (χ1n) is 6.28. The second-order valence-corrected chi connectivity index (χ2v) is 4.67. The van der Waals surface area contributed by atoms with E-state index < -0.39 is 0 Å². The second kappa shape index (κ2) is 5.90. The number of aryl methyl sites for hydroxylation is 1. The molecule has 0 aliphatic heterocycles. The first kappa shape index (κ1) is 11.5. The molecule has 0 aromatic carbocycles. The lowest BCUT2D eigenvalue weighted by Gasteiger charge is -2.23. The van der Waals surface area contributed by atoms with Crippen molar-refractivity contribution >= 4 is 0 Å². The maximum absolute atomic E-state index is 5.33. The lowest BCUT2D eigenvalue weighted by atomic mass is 10.0. The van der Waals surface area contributed by atoms with Crippen LogP contribution in [0, 0.1) is 0 Å². The minimum Gasteiger partial charge on any atom is -0.469 e. The van der Waals surface area contributed by atoms with Crippen LogP contribution in [0.4, 0.5) is 0 Å². The Morgan fingerprint density at radius 3 is 3.12 bits per heavy atom. The second-order valence-electron chi connectivity index (χ2n) is 4.67. The van der Waals surface area contributed by atoms with Crippen molar-refractivity contribution in [2.75, 3.05) is 0 Å². The fourth-order valence-electron chi connectivity index (χ4n) is 2.24. The number of hydrogen-bond acceptors (Lipinski definition) is 2. The summed E-state index contributed by atoms with van der Waals surface area (Å²) in [5, 5.41) is 3.69. The average Bonchev–Trinajstić information content (AvgIpc) is 2.81. The molecule has 2 rings (SSSR count). The van der Waals surface area contributed by atoms with Gasteiger partial charge in [-0.15, -0.1) is 0 Å². The average molecular weight is 219 g/mol. The van der Waals surface area contributed by atoms with Crippen molar-refractivity contribution in [3.63, 3.8) is 0 Å². The van der Waals surface area contributed by atoms with Gasteiger partial charge >= 0.3 is 0 Å². The van der Waals surface area contributed by atoms with Gasteiger partial charge in [0.2, 0.25) is 0 Å². The third-order valence-electron chi connectivity index (χ3n) is 3.19. The highest BCUT2D eigenvalue weighted by Crippen LogP contribution is 2.13. The number of hydrogen-bond donors (Lipinski definition) is 1. The smallest absolute Gasteiger partial charge is 0.103 e. The van der Waals surface area contributed by atoms with Crippen LogP contribution in [0.5, 0.6) is 0 Å². The van der Waals surface area contributed by atoms with Crippen LogP contribution in [0.2, 0.25) is 0 Å². The Hall–Kier alpha value is -1.02. The van der Waals surface area contributed by atoms with E-state index in [9.17, 15) is 0 Å². The van der Waals surface area contributed by atoms with Crippen LogP contribution in [0.25, 0.3) is 0 Å². The summed E-state index contributed by atoms with van der Waals surface area (Å²) in [6.45, 7) is 2.27. The molecular formula is C14H21NO. The van der Waals surface area contributed by atoms with Gasteiger partial charge in [0.05, 0.1) is 6.26 Å². The highest BCUT2D eigenvalue weighted by molar-refractivity contribution is 4.99. The fraction of sp³-hybridized carbons (Fsp3) is 0.571. The first-order valence-corrected chi connectivity index (χ1v) is 6.28. The number of rotatable bonds is 5. The molecule has 0 spiro atoms. The van der Waals surface area contributed by atoms with E-state index in [0.717, 1.165) is 18.6 Å². The molecule has 1 aromatic rings. The minimum atomic E-state index is 0.571. The molecule has 0 saturated carbocycles. The monoisotopic (exact) mass is 219 g/mol. The van der Waals surface area contributed by atoms with Crippen LogP contribution in [0.3, 0.4) is 0 Å². The zero-order valence-corrected chi connectivity index (χ0v) is 9.99. The summed E-state index contributed by atoms with van der Waals surface area (Å²) in [5.74, 6) is 1.09. The molecule has 2 heteroatoms. The Morgan fingerprint density at radius 2 is 2.44 bits per heavy atom. The fourth-order valence-corrected chi connectivity index (χ4v) is 2.24. The Labute approximate surface area is 97.7 Å². The number of furan rings is 1. The molecule has 0 amide bonds. The molecule has 1 aliphatic rings. The van der Waals surface area contributed by atoms with Gasteiger partial charge in [0.1, 0.15) is 5.76 Å². The summed E-state index contributed by atoms with van der Waals surface area (Å²) < 4.78 is 5.33. The van der Waals surface area contributed by atoms with Crippen LogP contribution >= 0.6 is 0 Å². The van der Waals surface area contributed by atoms with Crippen LogP contribution in [0.1, 0.15) is 38.4 Å². The normalized spacial score (nSPS) is 22.2. The summed E-state index contributed by atoms with van der Waals surface area (Å²) in [6.07, 6.45) is 12.2. The SMILES string of the molecule is CC(CCc1ccco1)NC1CC=CCC1. The van der Waals surface area contributed by atoms with E-state index in [-0.39, 0.29) is 0 Å². The van der Waals surface area contributed by atoms with Gasteiger partial charge in [-0.1, -0.05) is 12.2 Å². The predicted octanol–water partition coefficient (Wildman–Crippen LogP) is 3.30. The summed E-state index contributed by atoms with van der Waals surface area (Å²) in [7, 11) is 0. The van der Waals surface area contributed by atoms with Gasteiger partial charge in [-0.25, -0.2) is 0 Å². The quantitative estimate of drug-likeness (QED) is 0.769. The van der Waals surface area contributed by atoms with Crippen molar-refractivity contribution in [2.45, 2.75) is 51.1 Å². The molecule has 1 aromatic heterocycles. The van der Waals surface area contributed by atoms with Crippen molar-refractivity contribution in [2.24, 2.45) is 0 Å². The van der Waals surface area contributed by atoms with Crippen molar-refractivity contribution < 1.29 is 4.42 Å². The van der Waals surface area contributed by atoms with Crippen LogP contribution in [-0.2, 0) is 6.42 Å². The molecule has 1 heterocycles. The van der Waals surface area contributed by atoms with Gasteiger partial charge in [-0.3, -0.25) is 0 Å². The van der Waals surface area contributed by atoms with Crippen LogP contribution in [0.15, 0.2) is 35.0 Å². The summed E-state index contributed by atoms with van der Waals surface area (Å²) in [6, 6.07) is 5.26. The lowest BCUT2D eigenvalue weighted by molar-refractivity contribution is 0.393. The maximum atomic E-state index is 5.33. The highest BCUT2D eigenvalue weighted by atomic mass is 16.3. The molecule has 16 heavy (non-hydrogen) atoms. The van der Waals surface area contributed by atoms with E-state index in [1.54, 1.807) is 6.26 Å². The lowest BCUT2D eigenvalue weighted by Crippen LogP contribution is -2.37. The van der Waals surface area contributed by atoms with Gasteiger partial charge in [-0.2, -0.15) is 0 Å². The molecule has 1 N–H and O–H groups in total. The van der Waals surface area contributed by atoms with Gasteiger partial charge in [0.15, 0.2) is 0 Å². The van der Waals surface area contributed by atoms with E-state index in [0.29, 0.717) is 12.1 Å². The Balaban J connectivity index is 1.67. The third-order valence-corrected chi connectivity index (χ3v) is 3.19. The minimum absolute atomic E-state index is 0.571. The van der Waals surface area contributed by atoms with E-state index in [1.165, 1.54) is 19.3 Å². The summed E-state index contributed by atoms with van der Waals surface area (Å²) in [4.78, 5) is 0. The molecular weight excluding hydrogens is 198 g/mol. The molecule has 88 valence electrons. The standard InChI is InChI=1S/C14H21NO/c1-12(9-10-14-8-5-11-16-14)15-13-6-3-2-4-7-13/h2-3,5,8,11-13,15H,4,6-7,9-10H2,1H3. The molecule has 0 saturated heterocycles. The number of allylic oxidation sites excluding steroid dienone is 1. The van der Waals surface area contributed by atoms with E-state index in [2.05, 4.69) is 30.5 Å². The van der Waals surface area contributed by atoms with Gasteiger partial charge < -0.3 is 9.73 Å². The largest absolute Gasteiger partial charge is 0.469 e. The van der Waals surface area contributed by atoms with E-state index in [4.69, 9.17) is 4.42 Å². The first-order chi connectivity index (χ1) is 7.84. The highest BCUT2D eigenvalue weighted by Gasteiger charge is 2.12. The van der Waals surface area contributed by atoms with E-state index in [1.807, 2.05) is 6.07 Å². The molecule has 2 atom stereocenters. The van der Waals surface area contributed by atoms with E-state index >= 15 is 0 Å². The van der Waals surface area contributed by atoms with Crippen molar-refractivity contribution in [1.82, 2.24) is 5.32 Å². The van der Waals surface area contributed by atoms with Gasteiger partial charge in [0, 0.05) is 18.5 Å². The zero-order valence-electron chi connectivity index (χ0n) is 9.99. The summed E-state index contributed by atoms with van der Waals surface area (Å²) >= 11 is 0. The molecule has 0 fully saturated rings. The summed E-state index contributed by atoms with van der Waals surface area (Å²) in [5.41, 5.74) is 0. The Morgan fingerprint density at radius 1 is 1.50 bits per heavy atom. The molecule has 1 aliphatic carbocycles. The van der Waals surface area contributed by atoms with Crippen LogP contribution < -0.4 is 5.32 Å². The topological polar surface area (TPSA) is 25.2 Å². The molecule has 2 nitrogen and oxygen atoms in total. The van der Waals surface area contributed by atoms with Gasteiger partial charge in [0.25, 0.3) is 0 Å².